The van der Waals surface area contributed by atoms with Crippen LogP contribution in [0.2, 0.25) is 0 Å². The SMILES string of the molecule is CCC1CCCCN1c1nc(C)cc(C(=O)NCCOc2ccc(OC)cc2)n1. The van der Waals surface area contributed by atoms with Crippen LogP contribution in [0.15, 0.2) is 30.3 Å². The number of methoxy groups -OCH3 is 1. The lowest BCUT2D eigenvalue weighted by atomic mass is 10.0. The van der Waals surface area contributed by atoms with Gasteiger partial charge in [-0.25, -0.2) is 9.97 Å². The highest BCUT2D eigenvalue weighted by Crippen LogP contribution is 2.24. The Kier molecular flexibility index (Phi) is 7.27. The summed E-state index contributed by atoms with van der Waals surface area (Å²) in [7, 11) is 1.62. The number of hydrogen-bond donors (Lipinski definition) is 1. The first-order valence-electron chi connectivity index (χ1n) is 10.3. The van der Waals surface area contributed by atoms with Crippen molar-refractivity contribution in [2.75, 3.05) is 31.7 Å². The monoisotopic (exact) mass is 398 g/mol. The number of aromatic nitrogens is 2. The Morgan fingerprint density at radius 1 is 1.21 bits per heavy atom. The highest BCUT2D eigenvalue weighted by atomic mass is 16.5. The Balaban J connectivity index is 1.56. The van der Waals surface area contributed by atoms with Crippen LogP contribution in [-0.2, 0) is 0 Å². The van der Waals surface area contributed by atoms with E-state index in [1.54, 1.807) is 13.2 Å². The fourth-order valence-corrected chi connectivity index (χ4v) is 3.58. The standard InChI is InChI=1S/C22H30N4O3/c1-4-17-7-5-6-13-26(17)22-24-16(2)15-20(25-22)21(27)23-12-14-29-19-10-8-18(28-3)9-11-19/h8-11,15,17H,4-7,12-14H2,1-3H3,(H,23,27). The maximum atomic E-state index is 12.6. The van der Waals surface area contributed by atoms with Gasteiger partial charge < -0.3 is 19.7 Å². The van der Waals surface area contributed by atoms with E-state index in [4.69, 9.17) is 9.47 Å². The maximum Gasteiger partial charge on any atom is 0.270 e. The summed E-state index contributed by atoms with van der Waals surface area (Å²) in [5, 5.41) is 2.88. The van der Waals surface area contributed by atoms with Crippen LogP contribution in [0.4, 0.5) is 5.95 Å². The summed E-state index contributed by atoms with van der Waals surface area (Å²) in [6, 6.07) is 9.52. The Labute approximate surface area is 172 Å². The minimum Gasteiger partial charge on any atom is -0.497 e. The average Bonchev–Trinajstić information content (AvgIpc) is 2.76. The molecule has 0 bridgehead atoms. The number of aryl methyl sites for hydroxylation is 1. The number of nitrogens with one attached hydrogen (secondary N) is 1. The summed E-state index contributed by atoms with van der Waals surface area (Å²) in [5.41, 5.74) is 1.20. The molecule has 2 aromatic rings. The fraction of sp³-hybridized carbons (Fsp3) is 0.500. The van der Waals surface area contributed by atoms with Gasteiger partial charge in [-0.3, -0.25) is 4.79 Å². The van der Waals surface area contributed by atoms with Crippen LogP contribution in [0.5, 0.6) is 11.5 Å². The van der Waals surface area contributed by atoms with Crippen LogP contribution >= 0.6 is 0 Å². The van der Waals surface area contributed by atoms with Gasteiger partial charge in [0, 0.05) is 18.3 Å². The number of piperidine rings is 1. The van der Waals surface area contributed by atoms with Crippen molar-refractivity contribution in [3.63, 3.8) is 0 Å². The Morgan fingerprint density at radius 2 is 1.97 bits per heavy atom. The molecule has 7 heteroatoms. The highest BCUT2D eigenvalue weighted by molar-refractivity contribution is 5.92. The third kappa shape index (κ3) is 5.59. The number of amides is 1. The van der Waals surface area contributed by atoms with E-state index >= 15 is 0 Å². The lowest BCUT2D eigenvalue weighted by Gasteiger charge is -2.35. The predicted molar refractivity (Wildman–Crippen MR) is 113 cm³/mol. The molecule has 1 aliphatic rings. The number of benzene rings is 1. The molecule has 156 valence electrons. The van der Waals surface area contributed by atoms with Gasteiger partial charge >= 0.3 is 0 Å². The topological polar surface area (TPSA) is 76.6 Å². The molecule has 1 amide bonds. The normalized spacial score (nSPS) is 16.4. The molecule has 1 aliphatic heterocycles. The number of carbonyl (C=O) groups excluding carboxylic acids is 1. The smallest absolute Gasteiger partial charge is 0.270 e. The van der Waals surface area contributed by atoms with Crippen LogP contribution < -0.4 is 19.7 Å². The van der Waals surface area contributed by atoms with Gasteiger partial charge in [-0.1, -0.05) is 6.92 Å². The molecular weight excluding hydrogens is 368 g/mol. The molecular formula is C22H30N4O3. The van der Waals surface area contributed by atoms with E-state index in [9.17, 15) is 4.79 Å². The van der Waals surface area contributed by atoms with E-state index in [1.807, 2.05) is 31.2 Å². The molecule has 1 aromatic carbocycles. The lowest BCUT2D eigenvalue weighted by Crippen LogP contribution is -2.40. The quantitative estimate of drug-likeness (QED) is 0.687. The third-order valence-corrected chi connectivity index (χ3v) is 5.15. The van der Waals surface area contributed by atoms with E-state index in [1.165, 1.54) is 6.42 Å². The molecule has 3 rings (SSSR count). The van der Waals surface area contributed by atoms with Crippen LogP contribution in [-0.4, -0.2) is 48.7 Å². The summed E-state index contributed by atoms with van der Waals surface area (Å²) in [5.74, 6) is 1.96. The first-order valence-corrected chi connectivity index (χ1v) is 10.3. The van der Waals surface area contributed by atoms with Crippen molar-refractivity contribution in [1.82, 2.24) is 15.3 Å². The highest BCUT2D eigenvalue weighted by Gasteiger charge is 2.24. The maximum absolute atomic E-state index is 12.6. The summed E-state index contributed by atoms with van der Waals surface area (Å²) >= 11 is 0. The summed E-state index contributed by atoms with van der Waals surface area (Å²) in [6.07, 6.45) is 4.58. The molecule has 2 heterocycles. The molecule has 7 nitrogen and oxygen atoms in total. The molecule has 1 N–H and O–H groups in total. The molecule has 0 spiro atoms. The zero-order valence-electron chi connectivity index (χ0n) is 17.5. The first-order chi connectivity index (χ1) is 14.1. The zero-order valence-corrected chi connectivity index (χ0v) is 17.5. The van der Waals surface area contributed by atoms with E-state index in [0.29, 0.717) is 30.8 Å². The number of nitrogens with zero attached hydrogens (tertiary/aromatic N) is 3. The largest absolute Gasteiger partial charge is 0.497 e. The van der Waals surface area contributed by atoms with Crippen molar-refractivity contribution in [2.24, 2.45) is 0 Å². The summed E-state index contributed by atoms with van der Waals surface area (Å²) < 4.78 is 10.8. The van der Waals surface area contributed by atoms with Gasteiger partial charge in [0.2, 0.25) is 5.95 Å². The van der Waals surface area contributed by atoms with Crippen LogP contribution in [0.25, 0.3) is 0 Å². The fourth-order valence-electron chi connectivity index (χ4n) is 3.58. The van der Waals surface area contributed by atoms with Gasteiger partial charge in [0.05, 0.1) is 13.7 Å². The first kappa shape index (κ1) is 20.9. The van der Waals surface area contributed by atoms with Crippen molar-refractivity contribution in [2.45, 2.75) is 45.6 Å². The number of rotatable bonds is 8. The molecule has 1 aromatic heterocycles. The van der Waals surface area contributed by atoms with Crippen molar-refractivity contribution in [3.8, 4) is 11.5 Å². The third-order valence-electron chi connectivity index (χ3n) is 5.15. The summed E-state index contributed by atoms with van der Waals surface area (Å²) in [4.78, 5) is 24.0. The minimum absolute atomic E-state index is 0.208. The second-order valence-electron chi connectivity index (χ2n) is 7.23. The minimum atomic E-state index is -0.208. The van der Waals surface area contributed by atoms with Crippen molar-refractivity contribution in [3.05, 3.63) is 41.7 Å². The second kappa shape index (κ2) is 10.1. The molecule has 0 aliphatic carbocycles. The van der Waals surface area contributed by atoms with Gasteiger partial charge in [0.25, 0.3) is 5.91 Å². The van der Waals surface area contributed by atoms with Crippen molar-refractivity contribution >= 4 is 11.9 Å². The van der Waals surface area contributed by atoms with Gasteiger partial charge in [-0.2, -0.15) is 0 Å². The predicted octanol–water partition coefficient (Wildman–Crippen LogP) is 3.37. The Bertz CT molecular complexity index is 810. The molecule has 0 radical (unpaired) electrons. The van der Waals surface area contributed by atoms with Crippen molar-refractivity contribution in [1.29, 1.82) is 0 Å². The number of carbonyl (C=O) groups is 1. The van der Waals surface area contributed by atoms with Gasteiger partial charge in [0.1, 0.15) is 23.8 Å². The Hall–Kier alpha value is -2.83. The average molecular weight is 399 g/mol. The van der Waals surface area contributed by atoms with Gasteiger partial charge in [0.15, 0.2) is 0 Å². The molecule has 1 unspecified atom stereocenters. The zero-order chi connectivity index (χ0) is 20.6. The Morgan fingerprint density at radius 3 is 2.69 bits per heavy atom. The molecule has 1 saturated heterocycles. The second-order valence-corrected chi connectivity index (χ2v) is 7.23. The molecule has 29 heavy (non-hydrogen) atoms. The lowest BCUT2D eigenvalue weighted by molar-refractivity contribution is 0.0941. The van der Waals surface area contributed by atoms with E-state index in [0.717, 1.165) is 43.0 Å². The van der Waals surface area contributed by atoms with Crippen LogP contribution in [0, 0.1) is 6.92 Å². The van der Waals surface area contributed by atoms with Crippen molar-refractivity contribution < 1.29 is 14.3 Å². The van der Waals surface area contributed by atoms with Gasteiger partial charge in [-0.15, -0.1) is 0 Å². The van der Waals surface area contributed by atoms with Crippen LogP contribution in [0.3, 0.4) is 0 Å². The van der Waals surface area contributed by atoms with Gasteiger partial charge in [-0.05, 0) is 62.9 Å². The molecule has 1 atom stereocenters. The van der Waals surface area contributed by atoms with Crippen LogP contribution in [0.1, 0.15) is 48.8 Å². The molecule has 1 fully saturated rings. The number of ether oxygens (including phenoxy) is 2. The number of hydrogen-bond acceptors (Lipinski definition) is 6. The van der Waals surface area contributed by atoms with E-state index in [2.05, 4.69) is 27.1 Å². The summed E-state index contributed by atoms with van der Waals surface area (Å²) in [6.45, 7) is 5.80. The molecule has 0 saturated carbocycles. The van der Waals surface area contributed by atoms with E-state index < -0.39 is 0 Å². The van der Waals surface area contributed by atoms with E-state index in [-0.39, 0.29) is 5.91 Å². The number of anilines is 1.